The molecule has 0 aliphatic carbocycles. The number of carbonyl (C=O) groups excluding carboxylic acids is 1. The van der Waals surface area contributed by atoms with Gasteiger partial charge in [-0.1, -0.05) is 11.6 Å². The van der Waals surface area contributed by atoms with Crippen molar-refractivity contribution in [2.24, 2.45) is 0 Å². The Hall–Kier alpha value is -2.11. The van der Waals surface area contributed by atoms with Gasteiger partial charge >= 0.3 is 0 Å². The molecule has 4 heterocycles. The van der Waals surface area contributed by atoms with Crippen LogP contribution in [0.4, 0.5) is 5.82 Å². The molecule has 2 aromatic heterocycles. The number of hydrogen-bond acceptors (Lipinski definition) is 8. The molecule has 2 aliphatic heterocycles. The molecule has 13 heteroatoms. The minimum Gasteiger partial charge on any atom is -0.497 e. The molecule has 0 saturated carbocycles. The number of nitrogens with one attached hydrogen (secondary N) is 2. The molecule has 0 spiro atoms. The number of halogens is 4. The van der Waals surface area contributed by atoms with E-state index in [0.717, 1.165) is 53.8 Å². The lowest BCUT2D eigenvalue weighted by Gasteiger charge is -2.36. The van der Waals surface area contributed by atoms with Crippen molar-refractivity contribution in [2.75, 3.05) is 38.7 Å². The van der Waals surface area contributed by atoms with Crippen LogP contribution in [0.3, 0.4) is 0 Å². The molecule has 1 aromatic carbocycles. The average Bonchev–Trinajstić information content (AvgIpc) is 2.87. The van der Waals surface area contributed by atoms with Gasteiger partial charge in [-0.15, -0.1) is 37.2 Å². The van der Waals surface area contributed by atoms with Crippen molar-refractivity contribution in [1.82, 2.24) is 20.2 Å². The standard InChI is InChI=1S/C25H28ClN5O4.3ClH/c1-34-16-3-4-20-18(10-16)17(19(26)12-28-20)6-8-31-9-7-21(22(32)13-31)27-11-15-2-5-23-25(29-15)30-24(33)14-35-23;;;/h2-5,10,12,21-22,27,32H,6-9,11,13-14H2,1H3,(H,29,30,33);3*1H/t21-,22+;;;/m1.../s1. The van der Waals surface area contributed by atoms with Gasteiger partial charge in [-0.3, -0.25) is 9.78 Å². The molecule has 0 bridgehead atoms. The summed E-state index contributed by atoms with van der Waals surface area (Å²) >= 11 is 6.50. The lowest BCUT2D eigenvalue weighted by molar-refractivity contribution is -0.118. The Balaban J connectivity index is 0.00000169. The van der Waals surface area contributed by atoms with Crippen molar-refractivity contribution in [3.63, 3.8) is 0 Å². The van der Waals surface area contributed by atoms with E-state index in [2.05, 4.69) is 25.5 Å². The third kappa shape index (κ3) is 7.30. The summed E-state index contributed by atoms with van der Waals surface area (Å²) in [5.41, 5.74) is 2.70. The first-order chi connectivity index (χ1) is 17.0. The first-order valence-electron chi connectivity index (χ1n) is 11.7. The first-order valence-corrected chi connectivity index (χ1v) is 12.1. The highest BCUT2D eigenvalue weighted by atomic mass is 35.5. The molecule has 1 saturated heterocycles. The average molecular weight is 607 g/mol. The summed E-state index contributed by atoms with van der Waals surface area (Å²) in [6, 6.07) is 9.44. The number of piperidine rings is 1. The maximum absolute atomic E-state index is 11.5. The van der Waals surface area contributed by atoms with E-state index < -0.39 is 6.10 Å². The van der Waals surface area contributed by atoms with Crippen LogP contribution < -0.4 is 20.1 Å². The zero-order chi connectivity index (χ0) is 24.4. The Morgan fingerprint density at radius 1 is 1.26 bits per heavy atom. The third-order valence-electron chi connectivity index (χ3n) is 6.56. The Bertz CT molecular complexity index is 1250. The minimum atomic E-state index is -0.505. The van der Waals surface area contributed by atoms with Gasteiger partial charge in [0.1, 0.15) is 5.75 Å². The number of aliphatic hydroxyl groups excluding tert-OH is 1. The van der Waals surface area contributed by atoms with Crippen molar-refractivity contribution >= 4 is 71.5 Å². The van der Waals surface area contributed by atoms with Gasteiger partial charge in [-0.25, -0.2) is 4.98 Å². The van der Waals surface area contributed by atoms with E-state index in [9.17, 15) is 9.90 Å². The van der Waals surface area contributed by atoms with Gasteiger partial charge in [0.15, 0.2) is 18.2 Å². The Morgan fingerprint density at radius 3 is 2.84 bits per heavy atom. The van der Waals surface area contributed by atoms with Crippen LogP contribution in [-0.4, -0.2) is 71.4 Å². The zero-order valence-corrected chi connectivity index (χ0v) is 23.9. The summed E-state index contributed by atoms with van der Waals surface area (Å²) in [4.78, 5) is 22.7. The highest BCUT2D eigenvalue weighted by molar-refractivity contribution is 6.32. The summed E-state index contributed by atoms with van der Waals surface area (Å²) in [6.45, 7) is 2.72. The smallest absolute Gasteiger partial charge is 0.263 e. The number of carbonyl (C=O) groups is 1. The summed E-state index contributed by atoms with van der Waals surface area (Å²) in [6.07, 6.45) is 2.75. The molecule has 208 valence electrons. The molecule has 2 aliphatic rings. The van der Waals surface area contributed by atoms with Crippen molar-refractivity contribution in [3.8, 4) is 11.5 Å². The molecule has 3 aromatic rings. The number of pyridine rings is 2. The van der Waals surface area contributed by atoms with Gasteiger partial charge < -0.3 is 30.1 Å². The monoisotopic (exact) mass is 605 g/mol. The van der Waals surface area contributed by atoms with Crippen LogP contribution in [0.25, 0.3) is 10.9 Å². The second kappa shape index (κ2) is 14.3. The van der Waals surface area contributed by atoms with Crippen molar-refractivity contribution in [3.05, 3.63) is 52.8 Å². The fraction of sp³-hybridized carbons (Fsp3) is 0.400. The van der Waals surface area contributed by atoms with E-state index in [4.69, 9.17) is 21.1 Å². The van der Waals surface area contributed by atoms with Gasteiger partial charge in [0, 0.05) is 37.3 Å². The number of fused-ring (bicyclic) bond motifs is 2. The lowest BCUT2D eigenvalue weighted by Crippen LogP contribution is -2.52. The number of aliphatic hydroxyl groups is 1. The van der Waals surface area contributed by atoms with Crippen LogP contribution in [0.1, 0.15) is 17.7 Å². The van der Waals surface area contributed by atoms with Crippen LogP contribution in [-0.2, 0) is 17.8 Å². The van der Waals surface area contributed by atoms with E-state index in [1.165, 1.54) is 0 Å². The number of likely N-dealkylation sites (tertiary alicyclic amines) is 1. The Morgan fingerprint density at radius 2 is 2.08 bits per heavy atom. The fourth-order valence-corrected chi connectivity index (χ4v) is 4.87. The highest BCUT2D eigenvalue weighted by Crippen LogP contribution is 2.29. The van der Waals surface area contributed by atoms with E-state index in [1.54, 1.807) is 19.4 Å². The molecule has 9 nitrogen and oxygen atoms in total. The number of benzene rings is 1. The maximum atomic E-state index is 11.5. The van der Waals surface area contributed by atoms with Gasteiger partial charge in [-0.05, 0) is 55.3 Å². The van der Waals surface area contributed by atoms with Crippen molar-refractivity contribution < 1.29 is 19.4 Å². The number of rotatable bonds is 7. The van der Waals surface area contributed by atoms with Gasteiger partial charge in [0.25, 0.3) is 5.91 Å². The third-order valence-corrected chi connectivity index (χ3v) is 6.88. The number of amides is 1. The molecule has 3 N–H and O–H groups in total. The first kappa shape index (κ1) is 32.1. The van der Waals surface area contributed by atoms with Crippen LogP contribution in [0.2, 0.25) is 5.02 Å². The highest BCUT2D eigenvalue weighted by Gasteiger charge is 2.27. The van der Waals surface area contributed by atoms with Crippen LogP contribution in [0, 0.1) is 0 Å². The van der Waals surface area contributed by atoms with Gasteiger partial charge in [0.05, 0.1) is 29.4 Å². The number of β-amino-alcohol motifs (C(OH)–C–C–N with tert-alkyl or cyclic N) is 1. The molecule has 38 heavy (non-hydrogen) atoms. The van der Waals surface area contributed by atoms with E-state index in [0.29, 0.717) is 29.7 Å². The Labute approximate surface area is 244 Å². The molecule has 1 amide bonds. The van der Waals surface area contributed by atoms with Gasteiger partial charge in [0.2, 0.25) is 0 Å². The van der Waals surface area contributed by atoms with E-state index in [-0.39, 0.29) is 55.8 Å². The normalized spacial score (nSPS) is 18.7. The topological polar surface area (TPSA) is 109 Å². The van der Waals surface area contributed by atoms with E-state index >= 15 is 0 Å². The molecule has 1 fully saturated rings. The summed E-state index contributed by atoms with van der Waals surface area (Å²) in [5.74, 6) is 1.57. The minimum absolute atomic E-state index is 0. The van der Waals surface area contributed by atoms with Crippen LogP contribution in [0.15, 0.2) is 36.5 Å². The largest absolute Gasteiger partial charge is 0.497 e. The number of anilines is 1. The number of hydrogen-bond donors (Lipinski definition) is 3. The molecular weight excluding hydrogens is 576 g/mol. The number of nitrogens with zero attached hydrogens (tertiary/aromatic N) is 3. The van der Waals surface area contributed by atoms with Crippen LogP contribution >= 0.6 is 48.8 Å². The second-order valence-electron chi connectivity index (χ2n) is 8.85. The quantitative estimate of drug-likeness (QED) is 0.374. The molecule has 2 atom stereocenters. The van der Waals surface area contributed by atoms with E-state index in [1.807, 2.05) is 24.3 Å². The SMILES string of the molecule is COc1ccc2ncc(Cl)c(CCN3CC[C@@H](NCc4ccc5c(n4)NC(=O)CO5)[C@@H](O)C3)c2c1.Cl.Cl.Cl. The Kier molecular flexibility index (Phi) is 12.1. The maximum Gasteiger partial charge on any atom is 0.263 e. The molecular formula is C25H31Cl4N5O4. The predicted molar refractivity (Wildman–Crippen MR) is 155 cm³/mol. The fourth-order valence-electron chi connectivity index (χ4n) is 4.63. The summed E-state index contributed by atoms with van der Waals surface area (Å²) in [5, 5.41) is 18.5. The number of ether oxygens (including phenoxy) is 2. The molecule has 0 radical (unpaired) electrons. The molecule has 0 unspecified atom stereocenters. The number of aromatic nitrogens is 2. The molecule has 5 rings (SSSR count). The predicted octanol–water partition coefficient (Wildman–Crippen LogP) is 3.66. The van der Waals surface area contributed by atoms with Crippen molar-refractivity contribution in [2.45, 2.75) is 31.5 Å². The summed E-state index contributed by atoms with van der Waals surface area (Å²) in [7, 11) is 1.65. The van der Waals surface area contributed by atoms with Crippen molar-refractivity contribution in [1.29, 1.82) is 0 Å². The zero-order valence-electron chi connectivity index (χ0n) is 20.7. The second-order valence-corrected chi connectivity index (χ2v) is 9.26. The lowest BCUT2D eigenvalue weighted by atomic mass is 10.00. The summed E-state index contributed by atoms with van der Waals surface area (Å²) < 4.78 is 10.7. The van der Waals surface area contributed by atoms with Gasteiger partial charge in [-0.2, -0.15) is 0 Å². The van der Waals surface area contributed by atoms with Crippen LogP contribution in [0.5, 0.6) is 11.5 Å². The number of methoxy groups -OCH3 is 1.